The summed E-state index contributed by atoms with van der Waals surface area (Å²) in [5.41, 5.74) is 1.47. The average molecular weight is 347 g/mol. The number of fused-ring (bicyclic) bond motifs is 1. The molecule has 3 rings (SSSR count). The summed E-state index contributed by atoms with van der Waals surface area (Å²) in [5, 5.41) is 7.78. The molecular formula is C16H14FN3O3S. The summed E-state index contributed by atoms with van der Waals surface area (Å²) in [6, 6.07) is 7.69. The van der Waals surface area contributed by atoms with Gasteiger partial charge in [-0.1, -0.05) is 0 Å². The Hall–Kier alpha value is -2.74. The van der Waals surface area contributed by atoms with Gasteiger partial charge in [-0.3, -0.25) is 9.59 Å². The maximum atomic E-state index is 13.1. The molecule has 24 heavy (non-hydrogen) atoms. The number of rotatable bonds is 4. The Labute approximate surface area is 140 Å². The zero-order valence-corrected chi connectivity index (χ0v) is 13.8. The number of carbonyl (C=O) groups is 2. The van der Waals surface area contributed by atoms with Gasteiger partial charge in [0.2, 0.25) is 0 Å². The minimum atomic E-state index is -0.516. The van der Waals surface area contributed by atoms with E-state index in [0.717, 1.165) is 15.9 Å². The number of esters is 1. The molecule has 124 valence electrons. The Morgan fingerprint density at radius 1 is 1.33 bits per heavy atom. The molecule has 2 heterocycles. The molecule has 0 radical (unpaired) electrons. The van der Waals surface area contributed by atoms with Crippen LogP contribution in [0.1, 0.15) is 15.4 Å². The van der Waals surface area contributed by atoms with Gasteiger partial charge in [0, 0.05) is 5.39 Å². The van der Waals surface area contributed by atoms with Gasteiger partial charge in [-0.15, -0.1) is 11.3 Å². The third-order valence-corrected chi connectivity index (χ3v) is 4.57. The third kappa shape index (κ3) is 3.00. The van der Waals surface area contributed by atoms with E-state index in [2.05, 4.69) is 15.2 Å². The molecule has 0 aliphatic carbocycles. The van der Waals surface area contributed by atoms with Crippen molar-refractivity contribution in [2.45, 2.75) is 6.92 Å². The Kier molecular flexibility index (Phi) is 4.30. The number of hydrogen-bond donors (Lipinski definition) is 1. The van der Waals surface area contributed by atoms with Crippen LogP contribution >= 0.6 is 11.3 Å². The van der Waals surface area contributed by atoms with Crippen LogP contribution in [-0.2, 0) is 9.53 Å². The standard InChI is InChI=1S/C16H14FN3O3S/c1-9-12-7-13(15(22)18-8-14(21)23-2)24-16(12)20(19-9)11-5-3-10(17)4-6-11/h3-7H,8H2,1-2H3,(H,18,22). The predicted octanol–water partition coefficient (Wildman–Crippen LogP) is 2.44. The SMILES string of the molecule is COC(=O)CNC(=O)c1cc2c(C)nn(-c3ccc(F)cc3)c2s1. The second kappa shape index (κ2) is 6.40. The Morgan fingerprint density at radius 2 is 2.04 bits per heavy atom. The molecule has 0 saturated heterocycles. The maximum Gasteiger partial charge on any atom is 0.325 e. The molecule has 0 bridgehead atoms. The first-order chi connectivity index (χ1) is 11.5. The van der Waals surface area contributed by atoms with Crippen LogP contribution in [0.4, 0.5) is 4.39 Å². The molecule has 1 amide bonds. The summed E-state index contributed by atoms with van der Waals surface area (Å²) in [6.45, 7) is 1.65. The van der Waals surface area contributed by atoms with Gasteiger partial charge < -0.3 is 10.1 Å². The number of amides is 1. The van der Waals surface area contributed by atoms with E-state index in [1.165, 1.54) is 30.6 Å². The average Bonchev–Trinajstić information content (AvgIpc) is 3.14. The van der Waals surface area contributed by atoms with Gasteiger partial charge in [-0.05, 0) is 37.3 Å². The Balaban J connectivity index is 1.94. The summed E-state index contributed by atoms with van der Waals surface area (Å²) in [5.74, 6) is -1.20. The number of aryl methyl sites for hydroxylation is 1. The fourth-order valence-corrected chi connectivity index (χ4v) is 3.33. The summed E-state index contributed by atoms with van der Waals surface area (Å²) in [4.78, 5) is 24.5. The topological polar surface area (TPSA) is 73.2 Å². The van der Waals surface area contributed by atoms with Gasteiger partial charge in [0.25, 0.3) is 5.91 Å². The number of hydrogen-bond acceptors (Lipinski definition) is 5. The lowest BCUT2D eigenvalue weighted by molar-refractivity contribution is -0.139. The first-order valence-corrected chi connectivity index (χ1v) is 7.91. The molecule has 0 saturated carbocycles. The van der Waals surface area contributed by atoms with Crippen molar-refractivity contribution in [3.05, 3.63) is 46.7 Å². The van der Waals surface area contributed by atoms with Crippen molar-refractivity contribution < 1.29 is 18.7 Å². The summed E-state index contributed by atoms with van der Waals surface area (Å²) < 4.78 is 19.3. The van der Waals surface area contributed by atoms with Crippen LogP contribution < -0.4 is 5.32 Å². The molecule has 6 nitrogen and oxygen atoms in total. The van der Waals surface area contributed by atoms with Gasteiger partial charge in [0.05, 0.1) is 23.4 Å². The summed E-state index contributed by atoms with van der Waals surface area (Å²) >= 11 is 1.25. The number of ether oxygens (including phenoxy) is 1. The highest BCUT2D eigenvalue weighted by atomic mass is 32.1. The van der Waals surface area contributed by atoms with Crippen molar-refractivity contribution in [1.82, 2.24) is 15.1 Å². The fourth-order valence-electron chi connectivity index (χ4n) is 2.23. The molecular weight excluding hydrogens is 333 g/mol. The predicted molar refractivity (Wildman–Crippen MR) is 88.0 cm³/mol. The number of carbonyl (C=O) groups excluding carboxylic acids is 2. The van der Waals surface area contributed by atoms with E-state index in [0.29, 0.717) is 10.6 Å². The smallest absolute Gasteiger partial charge is 0.325 e. The van der Waals surface area contributed by atoms with Crippen molar-refractivity contribution >= 4 is 33.4 Å². The summed E-state index contributed by atoms with van der Waals surface area (Å²) in [7, 11) is 1.26. The molecule has 0 atom stereocenters. The maximum absolute atomic E-state index is 13.1. The lowest BCUT2D eigenvalue weighted by Crippen LogP contribution is -2.29. The van der Waals surface area contributed by atoms with Crippen molar-refractivity contribution in [2.75, 3.05) is 13.7 Å². The lowest BCUT2D eigenvalue weighted by Gasteiger charge is -2.02. The van der Waals surface area contributed by atoms with E-state index in [9.17, 15) is 14.0 Å². The van der Waals surface area contributed by atoms with Gasteiger partial charge in [-0.2, -0.15) is 5.10 Å². The normalized spacial score (nSPS) is 10.8. The van der Waals surface area contributed by atoms with Crippen LogP contribution in [0.15, 0.2) is 30.3 Å². The van der Waals surface area contributed by atoms with Crippen LogP contribution in [-0.4, -0.2) is 35.3 Å². The number of aromatic nitrogens is 2. The highest BCUT2D eigenvalue weighted by Crippen LogP contribution is 2.30. The second-order valence-corrected chi connectivity index (χ2v) is 6.09. The van der Waals surface area contributed by atoms with Crippen LogP contribution in [0.2, 0.25) is 0 Å². The van der Waals surface area contributed by atoms with Crippen molar-refractivity contribution in [1.29, 1.82) is 0 Å². The molecule has 0 spiro atoms. The Morgan fingerprint density at radius 3 is 2.71 bits per heavy atom. The second-order valence-electron chi connectivity index (χ2n) is 5.06. The summed E-state index contributed by atoms with van der Waals surface area (Å²) in [6.07, 6.45) is 0. The molecule has 2 aromatic heterocycles. The first kappa shape index (κ1) is 16.1. The number of nitrogens with zero attached hydrogens (tertiary/aromatic N) is 2. The van der Waals surface area contributed by atoms with E-state index in [1.54, 1.807) is 22.9 Å². The third-order valence-electron chi connectivity index (χ3n) is 3.46. The first-order valence-electron chi connectivity index (χ1n) is 7.09. The molecule has 1 aromatic carbocycles. The zero-order valence-electron chi connectivity index (χ0n) is 13.0. The number of methoxy groups -OCH3 is 1. The van der Waals surface area contributed by atoms with Gasteiger partial charge in [-0.25, -0.2) is 9.07 Å². The highest BCUT2D eigenvalue weighted by molar-refractivity contribution is 7.20. The van der Waals surface area contributed by atoms with Crippen molar-refractivity contribution in [2.24, 2.45) is 0 Å². The number of halogens is 1. The minimum absolute atomic E-state index is 0.188. The minimum Gasteiger partial charge on any atom is -0.468 e. The van der Waals surface area contributed by atoms with Crippen molar-refractivity contribution in [3.8, 4) is 5.69 Å². The molecule has 0 aliphatic heterocycles. The van der Waals surface area contributed by atoms with E-state index in [-0.39, 0.29) is 18.3 Å². The van der Waals surface area contributed by atoms with Gasteiger partial charge in [0.1, 0.15) is 17.2 Å². The Bertz CT molecular complexity index is 915. The van der Waals surface area contributed by atoms with E-state index >= 15 is 0 Å². The lowest BCUT2D eigenvalue weighted by atomic mass is 10.3. The molecule has 0 unspecified atom stereocenters. The molecule has 8 heteroatoms. The number of thiophene rings is 1. The van der Waals surface area contributed by atoms with E-state index in [4.69, 9.17) is 0 Å². The zero-order chi connectivity index (χ0) is 17.3. The van der Waals surface area contributed by atoms with Crippen molar-refractivity contribution in [3.63, 3.8) is 0 Å². The van der Waals surface area contributed by atoms with Crippen LogP contribution in [0.25, 0.3) is 15.9 Å². The molecule has 1 N–H and O–H groups in total. The van der Waals surface area contributed by atoms with E-state index in [1.807, 2.05) is 6.92 Å². The quantitative estimate of drug-likeness (QED) is 0.736. The molecule has 0 fully saturated rings. The van der Waals surface area contributed by atoms with Crippen LogP contribution in [0.3, 0.4) is 0 Å². The monoisotopic (exact) mass is 347 g/mol. The largest absolute Gasteiger partial charge is 0.468 e. The van der Waals surface area contributed by atoms with Gasteiger partial charge >= 0.3 is 5.97 Å². The van der Waals surface area contributed by atoms with Crippen LogP contribution in [0.5, 0.6) is 0 Å². The van der Waals surface area contributed by atoms with Gasteiger partial charge in [0.15, 0.2) is 0 Å². The highest BCUT2D eigenvalue weighted by Gasteiger charge is 2.17. The fraction of sp³-hybridized carbons (Fsp3) is 0.188. The molecule has 3 aromatic rings. The number of nitrogens with one attached hydrogen (secondary N) is 1. The van der Waals surface area contributed by atoms with Crippen LogP contribution in [0, 0.1) is 12.7 Å². The molecule has 0 aliphatic rings. The van der Waals surface area contributed by atoms with E-state index < -0.39 is 5.97 Å². The number of benzene rings is 1.